The van der Waals surface area contributed by atoms with Crippen LogP contribution in [0.1, 0.15) is 33.3 Å². The van der Waals surface area contributed by atoms with Crippen molar-refractivity contribution in [3.05, 3.63) is 38.5 Å². The first-order valence-corrected chi connectivity index (χ1v) is 7.07. The van der Waals surface area contributed by atoms with Gasteiger partial charge in [0.25, 0.3) is 0 Å². The molecule has 0 saturated heterocycles. The van der Waals surface area contributed by atoms with Crippen LogP contribution < -0.4 is 21.5 Å². The number of hydrogen-bond acceptors (Lipinski definition) is 4. The molecule has 2 rings (SSSR count). The van der Waals surface area contributed by atoms with Crippen LogP contribution in [-0.2, 0) is 6.54 Å². The highest BCUT2D eigenvalue weighted by Gasteiger charge is 2.21. The number of carbonyl (C=O) groups is 1. The van der Waals surface area contributed by atoms with Crippen molar-refractivity contribution in [1.29, 1.82) is 0 Å². The fraction of sp³-hybridized carbons (Fsp3) is 0.333. The third-order valence-corrected chi connectivity index (χ3v) is 4.74. The number of thiazole rings is 1. The lowest BCUT2D eigenvalue weighted by atomic mass is 10.2. The number of aliphatic hydroxyl groups excluding tert-OH is 1. The number of thiophene rings is 1. The first-order chi connectivity index (χ1) is 8.09. The highest BCUT2D eigenvalue weighted by Crippen LogP contribution is 2.20. The number of carbonyl (C=O) groups excluding carboxylic acids is 1. The summed E-state index contributed by atoms with van der Waals surface area (Å²) in [7, 11) is 0. The van der Waals surface area contributed by atoms with Gasteiger partial charge in [0.05, 0.1) is 11.0 Å². The number of rotatable bonds is 4. The van der Waals surface area contributed by atoms with Crippen LogP contribution in [0.2, 0.25) is 0 Å². The summed E-state index contributed by atoms with van der Waals surface area (Å²) < 4.78 is 1.90. The summed E-state index contributed by atoms with van der Waals surface area (Å²) >= 11 is 2.95. The van der Waals surface area contributed by atoms with Crippen molar-refractivity contribution < 1.29 is 31.4 Å². The zero-order valence-corrected chi connectivity index (χ0v) is 13.3. The van der Waals surface area contributed by atoms with Crippen molar-refractivity contribution in [3.8, 4) is 0 Å². The third kappa shape index (κ3) is 3.26. The minimum absolute atomic E-state index is 0. The first kappa shape index (κ1) is 15.5. The first-order valence-electron chi connectivity index (χ1n) is 5.31. The van der Waals surface area contributed by atoms with E-state index < -0.39 is 6.10 Å². The maximum Gasteiger partial charge on any atom is 0.237 e. The van der Waals surface area contributed by atoms with Crippen LogP contribution in [0.4, 0.5) is 0 Å². The smallest absolute Gasteiger partial charge is 0.237 e. The molecule has 1 unspecified atom stereocenters. The van der Waals surface area contributed by atoms with Crippen LogP contribution in [0, 0.1) is 6.92 Å². The van der Waals surface area contributed by atoms with Gasteiger partial charge in [-0.1, -0.05) is 17.4 Å². The molecule has 2 aromatic rings. The van der Waals surface area contributed by atoms with Crippen LogP contribution >= 0.6 is 22.7 Å². The molecule has 18 heavy (non-hydrogen) atoms. The number of hydrogen-bond donors (Lipinski definition) is 1. The molecule has 0 saturated carbocycles. The molecule has 0 aromatic carbocycles. The van der Waals surface area contributed by atoms with Gasteiger partial charge in [0.15, 0.2) is 5.69 Å². The van der Waals surface area contributed by atoms with Crippen LogP contribution in [0.5, 0.6) is 0 Å². The fourth-order valence-electron chi connectivity index (χ4n) is 1.65. The van der Waals surface area contributed by atoms with Crippen molar-refractivity contribution in [2.45, 2.75) is 26.5 Å². The van der Waals surface area contributed by atoms with E-state index in [4.69, 9.17) is 0 Å². The molecule has 0 amide bonds. The molecular formula is C12H14BrNO2S2. The molecule has 3 nitrogen and oxygen atoms in total. The Kier molecular flexibility index (Phi) is 5.65. The Morgan fingerprint density at radius 1 is 1.50 bits per heavy atom. The Hall–Kier alpha value is -0.560. The molecule has 0 fully saturated rings. The van der Waals surface area contributed by atoms with Crippen molar-refractivity contribution >= 4 is 28.5 Å². The molecule has 2 aromatic heterocycles. The summed E-state index contributed by atoms with van der Waals surface area (Å²) in [5.74, 6) is 0.114. The quantitative estimate of drug-likeness (QED) is 0.589. The number of Topliss-reactive ketones (excluding diaryl/α,β-unsaturated/α-hetero) is 1. The average molecular weight is 348 g/mol. The van der Waals surface area contributed by atoms with E-state index in [0.29, 0.717) is 6.54 Å². The largest absolute Gasteiger partial charge is 1.00 e. The van der Waals surface area contributed by atoms with Gasteiger partial charge in [-0.25, -0.2) is 0 Å². The Bertz CT molecular complexity index is 520. The molecule has 2 heterocycles. The van der Waals surface area contributed by atoms with Gasteiger partial charge in [0.1, 0.15) is 4.88 Å². The van der Waals surface area contributed by atoms with E-state index in [1.54, 1.807) is 6.92 Å². The fourth-order valence-corrected chi connectivity index (χ4v) is 3.27. The van der Waals surface area contributed by atoms with Crippen molar-refractivity contribution in [1.82, 2.24) is 0 Å². The summed E-state index contributed by atoms with van der Waals surface area (Å²) in [6.07, 6.45) is -0.474. The summed E-state index contributed by atoms with van der Waals surface area (Å²) in [6.45, 7) is 4.01. The molecular weight excluding hydrogens is 334 g/mol. The molecule has 0 spiro atoms. The Balaban J connectivity index is 0.00000162. The SMILES string of the molecule is Cc1c(C(C)O)sc[n+]1CC(=O)c1cccs1.[Br-]. The lowest BCUT2D eigenvalue weighted by Crippen LogP contribution is -3.00. The number of aromatic nitrogens is 1. The van der Waals surface area contributed by atoms with E-state index in [2.05, 4.69) is 0 Å². The van der Waals surface area contributed by atoms with E-state index >= 15 is 0 Å². The van der Waals surface area contributed by atoms with Gasteiger partial charge in [-0.3, -0.25) is 4.79 Å². The van der Waals surface area contributed by atoms with Gasteiger partial charge in [-0.05, 0) is 18.4 Å². The Labute approximate surface area is 124 Å². The molecule has 98 valence electrons. The topological polar surface area (TPSA) is 41.2 Å². The van der Waals surface area contributed by atoms with Gasteiger partial charge in [0, 0.05) is 6.92 Å². The van der Waals surface area contributed by atoms with Gasteiger partial charge in [0.2, 0.25) is 17.8 Å². The van der Waals surface area contributed by atoms with Crippen molar-refractivity contribution in [3.63, 3.8) is 0 Å². The second kappa shape index (κ2) is 6.56. The van der Waals surface area contributed by atoms with E-state index in [0.717, 1.165) is 15.4 Å². The van der Waals surface area contributed by atoms with Gasteiger partial charge >= 0.3 is 0 Å². The van der Waals surface area contributed by atoms with E-state index in [-0.39, 0.29) is 22.8 Å². The molecule has 0 radical (unpaired) electrons. The van der Waals surface area contributed by atoms with E-state index in [1.165, 1.54) is 22.7 Å². The number of ketones is 1. The predicted octanol–water partition coefficient (Wildman–Crippen LogP) is -0.654. The zero-order chi connectivity index (χ0) is 12.4. The third-order valence-electron chi connectivity index (χ3n) is 2.58. The van der Waals surface area contributed by atoms with Crippen molar-refractivity contribution in [2.75, 3.05) is 0 Å². The summed E-state index contributed by atoms with van der Waals surface area (Å²) in [6, 6.07) is 3.72. The van der Waals surface area contributed by atoms with Gasteiger partial charge < -0.3 is 22.1 Å². The zero-order valence-electron chi connectivity index (χ0n) is 10.1. The second-order valence-corrected chi connectivity index (χ2v) is 5.71. The van der Waals surface area contributed by atoms with Crippen molar-refractivity contribution in [2.24, 2.45) is 0 Å². The minimum Gasteiger partial charge on any atom is -1.00 e. The highest BCUT2D eigenvalue weighted by molar-refractivity contribution is 7.12. The second-order valence-electron chi connectivity index (χ2n) is 3.88. The van der Waals surface area contributed by atoms with E-state index in [1.807, 2.05) is 34.5 Å². The molecule has 1 N–H and O–H groups in total. The molecule has 1 atom stereocenters. The summed E-state index contributed by atoms with van der Waals surface area (Å²) in [5.41, 5.74) is 2.86. The summed E-state index contributed by atoms with van der Waals surface area (Å²) in [5, 5.41) is 11.5. The number of aliphatic hydroxyl groups is 1. The summed E-state index contributed by atoms with van der Waals surface area (Å²) in [4.78, 5) is 13.6. The molecule has 6 heteroatoms. The highest BCUT2D eigenvalue weighted by atomic mass is 79.9. The Morgan fingerprint density at radius 2 is 2.22 bits per heavy atom. The lowest BCUT2D eigenvalue weighted by molar-refractivity contribution is -0.684. The molecule has 0 aliphatic heterocycles. The minimum atomic E-state index is -0.474. The molecule has 0 aliphatic carbocycles. The molecule has 0 bridgehead atoms. The van der Waals surface area contributed by atoms with Crippen LogP contribution in [-0.4, -0.2) is 10.9 Å². The van der Waals surface area contributed by atoms with E-state index in [9.17, 15) is 9.90 Å². The maximum atomic E-state index is 11.9. The number of nitrogens with zero attached hydrogens (tertiary/aromatic N) is 1. The Morgan fingerprint density at radius 3 is 2.72 bits per heavy atom. The number of halogens is 1. The predicted molar refractivity (Wildman–Crippen MR) is 68.5 cm³/mol. The monoisotopic (exact) mass is 347 g/mol. The van der Waals surface area contributed by atoms with Crippen LogP contribution in [0.3, 0.4) is 0 Å². The van der Waals surface area contributed by atoms with Crippen LogP contribution in [0.15, 0.2) is 23.0 Å². The molecule has 0 aliphatic rings. The van der Waals surface area contributed by atoms with Gasteiger partial charge in [-0.2, -0.15) is 4.57 Å². The van der Waals surface area contributed by atoms with Crippen LogP contribution in [0.25, 0.3) is 0 Å². The lowest BCUT2D eigenvalue weighted by Gasteiger charge is -1.98. The maximum absolute atomic E-state index is 11.9. The normalized spacial score (nSPS) is 11.9. The average Bonchev–Trinajstić information content (AvgIpc) is 2.89. The van der Waals surface area contributed by atoms with Gasteiger partial charge in [-0.15, -0.1) is 11.3 Å². The standard InChI is InChI=1S/C12H14NO2S2.BrH/c1-8-12(9(2)14)17-7-13(8)6-10(15)11-4-3-5-16-11;/h3-5,7,9,14H,6H2,1-2H3;1H/q+1;/p-1.